The van der Waals surface area contributed by atoms with Gasteiger partial charge in [-0.1, -0.05) is 4.49 Å². The van der Waals surface area contributed by atoms with E-state index in [1.165, 1.54) is 17.6 Å². The highest BCUT2D eigenvalue weighted by atomic mass is 79.9. The van der Waals surface area contributed by atoms with Gasteiger partial charge in [0.2, 0.25) is 0 Å². The number of ether oxygens (including phenoxy) is 1. The van der Waals surface area contributed by atoms with E-state index in [1.54, 1.807) is 12.1 Å². The monoisotopic (exact) mass is 331 g/mol. The molecule has 0 aliphatic carbocycles. The number of rotatable bonds is 5. The van der Waals surface area contributed by atoms with Gasteiger partial charge in [0.25, 0.3) is 0 Å². The summed E-state index contributed by atoms with van der Waals surface area (Å²) in [5, 5.41) is 8.04. The van der Waals surface area contributed by atoms with Crippen LogP contribution in [0.25, 0.3) is 0 Å². The number of nitrogens with zero attached hydrogens (tertiary/aromatic N) is 2. The molecule has 0 spiro atoms. The quantitative estimate of drug-likeness (QED) is 0.911. The van der Waals surface area contributed by atoms with Crippen LogP contribution in [0.3, 0.4) is 0 Å². The van der Waals surface area contributed by atoms with Crippen molar-refractivity contribution in [2.24, 2.45) is 0 Å². The molecular weight excluding hydrogens is 321 g/mol. The Kier molecular flexibility index (Phi) is 4.48. The molecule has 1 N–H and O–H groups in total. The Hall–Kier alpha value is -1.21. The molecule has 0 atom stereocenters. The molecule has 0 radical (unpaired) electrons. The Labute approximate surface area is 116 Å². The van der Waals surface area contributed by atoms with Crippen molar-refractivity contribution < 1.29 is 9.13 Å². The van der Waals surface area contributed by atoms with Crippen molar-refractivity contribution in [1.29, 1.82) is 0 Å². The molecule has 4 nitrogen and oxygen atoms in total. The smallest absolute Gasteiger partial charge is 0.137 e. The highest BCUT2D eigenvalue weighted by Gasteiger charge is 2.08. The van der Waals surface area contributed by atoms with E-state index in [4.69, 9.17) is 4.74 Å². The van der Waals surface area contributed by atoms with Crippen LogP contribution in [-0.4, -0.2) is 16.1 Å². The highest BCUT2D eigenvalue weighted by molar-refractivity contribution is 9.10. The predicted molar refractivity (Wildman–Crippen MR) is 72.5 cm³/mol. The lowest BCUT2D eigenvalue weighted by atomic mass is 10.3. The van der Waals surface area contributed by atoms with Gasteiger partial charge in [-0.05, 0) is 41.1 Å². The normalized spacial score (nSPS) is 10.4. The van der Waals surface area contributed by atoms with Crippen LogP contribution < -0.4 is 10.1 Å². The average molecular weight is 332 g/mol. The molecule has 1 aromatic carbocycles. The third-order valence-electron chi connectivity index (χ3n) is 2.16. The minimum Gasteiger partial charge on any atom is -0.487 e. The Bertz CT molecular complexity index is 535. The fourth-order valence-electron chi connectivity index (χ4n) is 1.32. The average Bonchev–Trinajstić information content (AvgIpc) is 2.79. The van der Waals surface area contributed by atoms with Gasteiger partial charge in [0.1, 0.15) is 28.9 Å². The molecule has 0 saturated carbocycles. The maximum Gasteiger partial charge on any atom is 0.137 e. The molecule has 1 heterocycles. The lowest BCUT2D eigenvalue weighted by Crippen LogP contribution is -2.02. The lowest BCUT2D eigenvalue weighted by molar-refractivity contribution is 0.301. The Morgan fingerprint density at radius 2 is 2.33 bits per heavy atom. The van der Waals surface area contributed by atoms with Crippen molar-refractivity contribution in [3.05, 3.63) is 34.2 Å². The minimum absolute atomic E-state index is 0.302. The highest BCUT2D eigenvalue weighted by Crippen LogP contribution is 2.24. The summed E-state index contributed by atoms with van der Waals surface area (Å²) in [5.74, 6) is 0.268. The summed E-state index contributed by atoms with van der Waals surface area (Å²) in [4.78, 5) is 0. The van der Waals surface area contributed by atoms with E-state index in [2.05, 4.69) is 30.8 Å². The van der Waals surface area contributed by atoms with Gasteiger partial charge in [-0.3, -0.25) is 0 Å². The second kappa shape index (κ2) is 6.10. The summed E-state index contributed by atoms with van der Waals surface area (Å²) < 4.78 is 22.8. The molecule has 0 saturated heterocycles. The first-order chi connectivity index (χ1) is 8.70. The summed E-state index contributed by atoms with van der Waals surface area (Å²) in [6, 6.07) is 4.51. The van der Waals surface area contributed by atoms with Gasteiger partial charge < -0.3 is 10.1 Å². The zero-order chi connectivity index (χ0) is 13.0. The molecule has 2 aromatic rings. The molecule has 18 heavy (non-hydrogen) atoms. The molecule has 0 aliphatic heterocycles. The van der Waals surface area contributed by atoms with Crippen LogP contribution in [0.1, 0.15) is 12.6 Å². The summed E-state index contributed by atoms with van der Waals surface area (Å²) in [6.07, 6.45) is 0. The number of halogens is 2. The molecular formula is C11H11BrFN3OS. The fourth-order valence-corrected chi connectivity index (χ4v) is 2.31. The van der Waals surface area contributed by atoms with Crippen molar-refractivity contribution >= 4 is 32.5 Å². The summed E-state index contributed by atoms with van der Waals surface area (Å²) in [6.45, 7) is 3.11. The number of hydrogen-bond donors (Lipinski definition) is 1. The van der Waals surface area contributed by atoms with E-state index in [0.717, 1.165) is 17.2 Å². The Balaban J connectivity index is 2.02. The molecule has 0 aliphatic rings. The summed E-state index contributed by atoms with van der Waals surface area (Å²) in [5.41, 5.74) is 0.752. The Morgan fingerprint density at radius 3 is 3.06 bits per heavy atom. The van der Waals surface area contributed by atoms with Crippen LogP contribution >= 0.6 is 27.5 Å². The maximum absolute atomic E-state index is 13.0. The summed E-state index contributed by atoms with van der Waals surface area (Å²) in [7, 11) is 0. The SMILES string of the molecule is CCNc1snnc1COc1ccc(F)c(Br)c1. The van der Waals surface area contributed by atoms with Crippen molar-refractivity contribution in [3.8, 4) is 5.75 Å². The Morgan fingerprint density at radius 1 is 1.50 bits per heavy atom. The molecule has 0 bridgehead atoms. The lowest BCUT2D eigenvalue weighted by Gasteiger charge is -2.06. The first-order valence-corrected chi connectivity index (χ1v) is 6.90. The number of anilines is 1. The largest absolute Gasteiger partial charge is 0.487 e. The standard InChI is InChI=1S/C11H11BrFN3OS/c1-2-14-11-10(15-16-18-11)6-17-7-3-4-9(13)8(12)5-7/h3-5,14H,2,6H2,1H3. The third kappa shape index (κ3) is 3.17. The van der Waals surface area contributed by atoms with Gasteiger partial charge in [-0.25, -0.2) is 4.39 Å². The van der Waals surface area contributed by atoms with Crippen LogP contribution in [0.15, 0.2) is 22.7 Å². The molecule has 0 unspecified atom stereocenters. The van der Waals surface area contributed by atoms with E-state index in [0.29, 0.717) is 16.8 Å². The van der Waals surface area contributed by atoms with E-state index < -0.39 is 0 Å². The molecule has 1 aromatic heterocycles. The molecule has 0 amide bonds. The minimum atomic E-state index is -0.314. The molecule has 96 valence electrons. The van der Waals surface area contributed by atoms with Crippen LogP contribution in [0.4, 0.5) is 9.39 Å². The third-order valence-corrected chi connectivity index (χ3v) is 3.49. The fraction of sp³-hybridized carbons (Fsp3) is 0.273. The van der Waals surface area contributed by atoms with E-state index in [1.807, 2.05) is 6.92 Å². The van der Waals surface area contributed by atoms with Crippen LogP contribution in [0.5, 0.6) is 5.75 Å². The van der Waals surface area contributed by atoms with Crippen molar-refractivity contribution in [2.45, 2.75) is 13.5 Å². The van der Waals surface area contributed by atoms with Gasteiger partial charge in [0, 0.05) is 18.1 Å². The van der Waals surface area contributed by atoms with Crippen molar-refractivity contribution in [2.75, 3.05) is 11.9 Å². The van der Waals surface area contributed by atoms with Crippen LogP contribution in [0, 0.1) is 5.82 Å². The van der Waals surface area contributed by atoms with Gasteiger partial charge in [0.05, 0.1) is 4.47 Å². The number of hydrogen-bond acceptors (Lipinski definition) is 5. The summed E-state index contributed by atoms with van der Waals surface area (Å²) >= 11 is 4.40. The number of benzene rings is 1. The topological polar surface area (TPSA) is 47.0 Å². The van der Waals surface area contributed by atoms with E-state index in [-0.39, 0.29) is 5.82 Å². The van der Waals surface area contributed by atoms with E-state index >= 15 is 0 Å². The van der Waals surface area contributed by atoms with Gasteiger partial charge in [-0.15, -0.1) is 5.10 Å². The maximum atomic E-state index is 13.0. The zero-order valence-electron chi connectivity index (χ0n) is 9.61. The first-order valence-electron chi connectivity index (χ1n) is 5.33. The van der Waals surface area contributed by atoms with Gasteiger partial charge >= 0.3 is 0 Å². The van der Waals surface area contributed by atoms with Crippen LogP contribution in [-0.2, 0) is 6.61 Å². The second-order valence-corrected chi connectivity index (χ2v) is 5.05. The first kappa shape index (κ1) is 13.2. The van der Waals surface area contributed by atoms with Gasteiger partial charge in [-0.2, -0.15) is 0 Å². The van der Waals surface area contributed by atoms with Crippen molar-refractivity contribution in [1.82, 2.24) is 9.59 Å². The van der Waals surface area contributed by atoms with E-state index in [9.17, 15) is 4.39 Å². The number of nitrogens with one attached hydrogen (secondary N) is 1. The molecule has 7 heteroatoms. The predicted octanol–water partition coefficient (Wildman–Crippen LogP) is 3.45. The second-order valence-electron chi connectivity index (χ2n) is 3.44. The van der Waals surface area contributed by atoms with Crippen LogP contribution in [0.2, 0.25) is 0 Å². The molecule has 0 fully saturated rings. The molecule has 2 rings (SSSR count). The number of aromatic nitrogens is 2. The van der Waals surface area contributed by atoms with Crippen molar-refractivity contribution in [3.63, 3.8) is 0 Å². The van der Waals surface area contributed by atoms with Gasteiger partial charge in [0.15, 0.2) is 0 Å². The zero-order valence-corrected chi connectivity index (χ0v) is 12.0.